The first-order chi connectivity index (χ1) is 11.2. The smallest absolute Gasteiger partial charge is 0.119 e. The molecule has 0 unspecified atom stereocenters. The monoisotopic (exact) mass is 347 g/mol. The number of hydrogen-bond donors (Lipinski definition) is 0. The molecule has 0 atom stereocenters. The highest BCUT2D eigenvalue weighted by molar-refractivity contribution is 7.80. The Morgan fingerprint density at radius 3 is 2.48 bits per heavy atom. The summed E-state index contributed by atoms with van der Waals surface area (Å²) in [5, 5.41) is 0.720. The summed E-state index contributed by atoms with van der Waals surface area (Å²) in [5.41, 5.74) is 2.01. The van der Waals surface area contributed by atoms with E-state index in [4.69, 9.17) is 33.3 Å². The van der Waals surface area contributed by atoms with Gasteiger partial charge in [-0.3, -0.25) is 0 Å². The summed E-state index contributed by atoms with van der Waals surface area (Å²) >= 11 is 11.7. The number of ether oxygens (including phenoxy) is 2. The molecule has 3 nitrogen and oxygen atoms in total. The lowest BCUT2D eigenvalue weighted by Crippen LogP contribution is -2.40. The van der Waals surface area contributed by atoms with Gasteiger partial charge < -0.3 is 14.4 Å². The molecule has 2 aromatic carbocycles. The van der Waals surface area contributed by atoms with E-state index in [1.54, 1.807) is 0 Å². The van der Waals surface area contributed by atoms with E-state index in [0.29, 0.717) is 6.61 Å². The first-order valence-corrected chi connectivity index (χ1v) is 8.36. The number of benzene rings is 2. The molecular formula is C18H18ClNO2S. The molecule has 1 saturated heterocycles. The van der Waals surface area contributed by atoms with Crippen molar-refractivity contribution in [2.75, 3.05) is 26.3 Å². The van der Waals surface area contributed by atoms with Gasteiger partial charge in [-0.15, -0.1) is 0 Å². The third-order valence-electron chi connectivity index (χ3n) is 3.75. The summed E-state index contributed by atoms with van der Waals surface area (Å²) in [6, 6.07) is 15.6. The Morgan fingerprint density at radius 2 is 1.78 bits per heavy atom. The van der Waals surface area contributed by atoms with Crippen molar-refractivity contribution in [2.45, 2.75) is 6.61 Å². The van der Waals surface area contributed by atoms with Gasteiger partial charge in [0.1, 0.15) is 17.3 Å². The fraction of sp³-hybridized carbons (Fsp3) is 0.278. The van der Waals surface area contributed by atoms with Crippen LogP contribution in [-0.2, 0) is 11.3 Å². The zero-order valence-corrected chi connectivity index (χ0v) is 14.3. The zero-order chi connectivity index (χ0) is 16.1. The van der Waals surface area contributed by atoms with Crippen molar-refractivity contribution >= 4 is 28.8 Å². The number of rotatable bonds is 4. The molecule has 0 amide bonds. The number of hydrogen-bond acceptors (Lipinski definition) is 3. The molecule has 0 spiro atoms. The van der Waals surface area contributed by atoms with Gasteiger partial charge in [0.25, 0.3) is 0 Å². The van der Waals surface area contributed by atoms with Crippen molar-refractivity contribution in [2.24, 2.45) is 0 Å². The maximum atomic E-state index is 6.13. The second kappa shape index (κ2) is 7.77. The van der Waals surface area contributed by atoms with E-state index in [1.807, 2.05) is 48.5 Å². The van der Waals surface area contributed by atoms with Gasteiger partial charge in [0, 0.05) is 29.2 Å². The normalized spacial score (nSPS) is 14.6. The Hall–Kier alpha value is -1.62. The Bertz CT molecular complexity index is 669. The van der Waals surface area contributed by atoms with Crippen LogP contribution < -0.4 is 4.74 Å². The highest BCUT2D eigenvalue weighted by atomic mass is 35.5. The average molecular weight is 348 g/mol. The molecule has 1 fully saturated rings. The number of morpholine rings is 1. The van der Waals surface area contributed by atoms with Gasteiger partial charge in [0.2, 0.25) is 0 Å². The quantitative estimate of drug-likeness (QED) is 0.781. The number of thiocarbonyl (C=S) groups is 1. The van der Waals surface area contributed by atoms with Gasteiger partial charge in [-0.2, -0.15) is 0 Å². The lowest BCUT2D eigenvalue weighted by atomic mass is 10.2. The summed E-state index contributed by atoms with van der Waals surface area (Å²) in [6.45, 7) is 3.62. The Morgan fingerprint density at radius 1 is 1.09 bits per heavy atom. The van der Waals surface area contributed by atoms with Crippen molar-refractivity contribution in [3.05, 3.63) is 64.7 Å². The SMILES string of the molecule is S=C(c1ccc(OCc2ccccc2Cl)cc1)N1CCOCC1. The highest BCUT2D eigenvalue weighted by Crippen LogP contribution is 2.19. The molecule has 0 aliphatic carbocycles. The molecule has 0 N–H and O–H groups in total. The first-order valence-electron chi connectivity index (χ1n) is 7.57. The summed E-state index contributed by atoms with van der Waals surface area (Å²) in [5.74, 6) is 0.804. The minimum absolute atomic E-state index is 0.451. The van der Waals surface area contributed by atoms with Crippen molar-refractivity contribution in [1.29, 1.82) is 0 Å². The van der Waals surface area contributed by atoms with E-state index in [1.165, 1.54) is 0 Å². The van der Waals surface area contributed by atoms with Crippen molar-refractivity contribution in [3.8, 4) is 5.75 Å². The molecule has 1 aliphatic heterocycles. The lowest BCUT2D eigenvalue weighted by Gasteiger charge is -2.29. The highest BCUT2D eigenvalue weighted by Gasteiger charge is 2.15. The predicted molar refractivity (Wildman–Crippen MR) is 96.3 cm³/mol. The van der Waals surface area contributed by atoms with Crippen LogP contribution in [0, 0.1) is 0 Å². The third-order valence-corrected chi connectivity index (χ3v) is 4.61. The zero-order valence-electron chi connectivity index (χ0n) is 12.7. The van der Waals surface area contributed by atoms with Crippen LogP contribution in [0.25, 0.3) is 0 Å². The fourth-order valence-electron chi connectivity index (χ4n) is 2.42. The largest absolute Gasteiger partial charge is 0.489 e. The average Bonchev–Trinajstić information content (AvgIpc) is 2.62. The molecule has 5 heteroatoms. The maximum Gasteiger partial charge on any atom is 0.119 e. The lowest BCUT2D eigenvalue weighted by molar-refractivity contribution is 0.0693. The van der Waals surface area contributed by atoms with Crippen molar-refractivity contribution < 1.29 is 9.47 Å². The Balaban J connectivity index is 1.60. The summed E-state index contributed by atoms with van der Waals surface area (Å²) < 4.78 is 11.1. The molecule has 0 bridgehead atoms. The first kappa shape index (κ1) is 16.2. The second-order valence-electron chi connectivity index (χ2n) is 5.31. The molecule has 1 heterocycles. The number of nitrogens with zero attached hydrogens (tertiary/aromatic N) is 1. The van der Waals surface area contributed by atoms with Gasteiger partial charge in [-0.25, -0.2) is 0 Å². The summed E-state index contributed by atoms with van der Waals surface area (Å²) in [4.78, 5) is 3.05. The van der Waals surface area contributed by atoms with Gasteiger partial charge in [-0.05, 0) is 30.3 Å². The van der Waals surface area contributed by atoms with Gasteiger partial charge in [0.15, 0.2) is 0 Å². The Labute approximate surface area is 146 Å². The van der Waals surface area contributed by atoms with E-state index < -0.39 is 0 Å². The molecule has 1 aliphatic rings. The molecule has 0 saturated carbocycles. The molecule has 0 radical (unpaired) electrons. The Kier molecular flexibility index (Phi) is 5.49. The van der Waals surface area contributed by atoms with Crippen molar-refractivity contribution in [1.82, 2.24) is 4.90 Å². The van der Waals surface area contributed by atoms with E-state index in [-0.39, 0.29) is 0 Å². The molecule has 120 valence electrons. The predicted octanol–water partition coefficient (Wildman–Crippen LogP) is 3.93. The van der Waals surface area contributed by atoms with Crippen molar-refractivity contribution in [3.63, 3.8) is 0 Å². The van der Waals surface area contributed by atoms with Crippen LogP contribution >= 0.6 is 23.8 Å². The van der Waals surface area contributed by atoms with Gasteiger partial charge in [0.05, 0.1) is 13.2 Å². The second-order valence-corrected chi connectivity index (χ2v) is 6.10. The van der Waals surface area contributed by atoms with E-state index in [0.717, 1.165) is 53.2 Å². The van der Waals surface area contributed by atoms with E-state index >= 15 is 0 Å². The van der Waals surface area contributed by atoms with E-state index in [2.05, 4.69) is 4.90 Å². The minimum atomic E-state index is 0.451. The molecule has 23 heavy (non-hydrogen) atoms. The summed E-state index contributed by atoms with van der Waals surface area (Å²) in [7, 11) is 0. The van der Waals surface area contributed by atoms with Gasteiger partial charge in [-0.1, -0.05) is 42.0 Å². The third kappa shape index (κ3) is 4.22. The topological polar surface area (TPSA) is 21.7 Å². The molecule has 3 rings (SSSR count). The molecule has 0 aromatic heterocycles. The van der Waals surface area contributed by atoms with Crippen LogP contribution in [0.4, 0.5) is 0 Å². The molecular weight excluding hydrogens is 330 g/mol. The van der Waals surface area contributed by atoms with Crippen LogP contribution in [0.2, 0.25) is 5.02 Å². The van der Waals surface area contributed by atoms with Crippen LogP contribution in [0.15, 0.2) is 48.5 Å². The van der Waals surface area contributed by atoms with Crippen LogP contribution in [0.1, 0.15) is 11.1 Å². The molecule has 2 aromatic rings. The maximum absolute atomic E-state index is 6.13. The van der Waals surface area contributed by atoms with Crippen LogP contribution in [0.3, 0.4) is 0 Å². The van der Waals surface area contributed by atoms with E-state index in [9.17, 15) is 0 Å². The fourth-order valence-corrected chi connectivity index (χ4v) is 2.93. The minimum Gasteiger partial charge on any atom is -0.489 e. The number of halogens is 1. The summed E-state index contributed by atoms with van der Waals surface area (Å²) in [6.07, 6.45) is 0. The van der Waals surface area contributed by atoms with Gasteiger partial charge >= 0.3 is 0 Å². The standard InChI is InChI=1S/C18H18ClNO2S/c19-17-4-2-1-3-15(17)13-22-16-7-5-14(6-8-16)18(23)20-9-11-21-12-10-20/h1-8H,9-13H2. The van der Waals surface area contributed by atoms with Crippen LogP contribution in [0.5, 0.6) is 5.75 Å². The van der Waals surface area contributed by atoms with Crippen LogP contribution in [-0.4, -0.2) is 36.2 Å².